The van der Waals surface area contributed by atoms with Gasteiger partial charge >= 0.3 is 0 Å². The smallest absolute Gasteiger partial charge is 0.214 e. The molecule has 4 heteroatoms. The van der Waals surface area contributed by atoms with Gasteiger partial charge in [-0.15, -0.1) is 0 Å². The maximum absolute atomic E-state index is 10.8. The lowest BCUT2D eigenvalue weighted by molar-refractivity contribution is -0.481. The number of rotatable bonds is 4. The lowest BCUT2D eigenvalue weighted by atomic mass is 9.91. The summed E-state index contributed by atoms with van der Waals surface area (Å²) in [5.74, 6) is -0.200. The Hall–Kier alpha value is -1.68. The summed E-state index contributed by atoms with van der Waals surface area (Å²) in [5.41, 5.74) is 1.93. The molecule has 0 spiro atoms. The molecule has 92 valence electrons. The van der Waals surface area contributed by atoms with E-state index in [1.807, 2.05) is 54.6 Å². The van der Waals surface area contributed by atoms with Crippen molar-refractivity contribution >= 4 is 15.9 Å². The molecule has 0 N–H and O–H groups in total. The van der Waals surface area contributed by atoms with Crippen molar-refractivity contribution in [2.24, 2.45) is 0 Å². The Morgan fingerprint density at radius 1 is 1.00 bits per heavy atom. The monoisotopic (exact) mass is 305 g/mol. The van der Waals surface area contributed by atoms with Gasteiger partial charge in [0.2, 0.25) is 6.54 Å². The Kier molecular flexibility index (Phi) is 4.10. The zero-order chi connectivity index (χ0) is 13.0. The maximum Gasteiger partial charge on any atom is 0.214 e. The highest BCUT2D eigenvalue weighted by molar-refractivity contribution is 9.10. The number of nitrogens with zero attached hydrogens (tertiary/aromatic N) is 1. The predicted molar refractivity (Wildman–Crippen MR) is 74.3 cm³/mol. The molecule has 0 heterocycles. The van der Waals surface area contributed by atoms with Gasteiger partial charge in [0.1, 0.15) is 0 Å². The molecule has 1 unspecified atom stereocenters. The Balaban J connectivity index is 2.36. The normalized spacial score (nSPS) is 12.1. The molecular weight excluding hydrogens is 294 g/mol. The zero-order valence-corrected chi connectivity index (χ0v) is 11.2. The number of nitro groups is 1. The highest BCUT2D eigenvalue weighted by Crippen LogP contribution is 2.26. The molecule has 0 aliphatic rings. The number of halogens is 1. The van der Waals surface area contributed by atoms with Crippen molar-refractivity contribution in [1.29, 1.82) is 0 Å². The van der Waals surface area contributed by atoms with Crippen LogP contribution in [0.2, 0.25) is 0 Å². The van der Waals surface area contributed by atoms with Gasteiger partial charge in [0.25, 0.3) is 0 Å². The second kappa shape index (κ2) is 5.78. The van der Waals surface area contributed by atoms with Crippen molar-refractivity contribution in [2.75, 3.05) is 6.54 Å². The van der Waals surface area contributed by atoms with Gasteiger partial charge in [0, 0.05) is 9.40 Å². The van der Waals surface area contributed by atoms with Gasteiger partial charge < -0.3 is 0 Å². The average Bonchev–Trinajstić information content (AvgIpc) is 2.38. The fraction of sp³-hybridized carbons (Fsp3) is 0.143. The van der Waals surface area contributed by atoms with E-state index in [4.69, 9.17) is 0 Å². The summed E-state index contributed by atoms with van der Waals surface area (Å²) < 4.78 is 0.971. The molecule has 0 amide bonds. The van der Waals surface area contributed by atoms with Crippen LogP contribution in [0.3, 0.4) is 0 Å². The van der Waals surface area contributed by atoms with Crippen LogP contribution in [0.1, 0.15) is 17.0 Å². The van der Waals surface area contributed by atoms with E-state index in [-0.39, 0.29) is 17.4 Å². The van der Waals surface area contributed by atoms with Gasteiger partial charge in [-0.25, -0.2) is 0 Å². The Labute approximate surface area is 114 Å². The first-order valence-electron chi connectivity index (χ1n) is 5.59. The van der Waals surface area contributed by atoms with Crippen LogP contribution in [0.25, 0.3) is 0 Å². The van der Waals surface area contributed by atoms with Gasteiger partial charge in [-0.2, -0.15) is 0 Å². The third kappa shape index (κ3) is 3.17. The topological polar surface area (TPSA) is 43.1 Å². The lowest BCUT2D eigenvalue weighted by Crippen LogP contribution is -2.13. The van der Waals surface area contributed by atoms with E-state index in [2.05, 4.69) is 15.9 Å². The van der Waals surface area contributed by atoms with Crippen LogP contribution >= 0.6 is 15.9 Å². The third-order valence-electron chi connectivity index (χ3n) is 2.81. The van der Waals surface area contributed by atoms with Crippen LogP contribution in [0, 0.1) is 10.1 Å². The second-order valence-electron chi connectivity index (χ2n) is 4.03. The molecule has 2 aromatic rings. The molecular formula is C14H12BrNO2. The summed E-state index contributed by atoms with van der Waals surface area (Å²) in [6.45, 7) is -0.0916. The van der Waals surface area contributed by atoms with Crippen LogP contribution in [0.5, 0.6) is 0 Å². The molecule has 0 aromatic heterocycles. The van der Waals surface area contributed by atoms with Gasteiger partial charge in [-0.05, 0) is 23.3 Å². The van der Waals surface area contributed by atoms with Gasteiger partial charge in [-0.1, -0.05) is 58.4 Å². The van der Waals surface area contributed by atoms with Crippen molar-refractivity contribution in [2.45, 2.75) is 5.92 Å². The number of hydrogen-bond donors (Lipinski definition) is 0. The molecule has 2 aromatic carbocycles. The van der Waals surface area contributed by atoms with E-state index in [0.717, 1.165) is 15.6 Å². The zero-order valence-electron chi connectivity index (χ0n) is 9.62. The van der Waals surface area contributed by atoms with Crippen molar-refractivity contribution < 1.29 is 4.92 Å². The molecule has 0 saturated carbocycles. The van der Waals surface area contributed by atoms with E-state index in [1.165, 1.54) is 0 Å². The van der Waals surface area contributed by atoms with Crippen LogP contribution in [-0.2, 0) is 0 Å². The first-order valence-corrected chi connectivity index (χ1v) is 6.38. The molecule has 3 nitrogen and oxygen atoms in total. The highest BCUT2D eigenvalue weighted by Gasteiger charge is 2.19. The average molecular weight is 306 g/mol. The van der Waals surface area contributed by atoms with Gasteiger partial charge in [0.15, 0.2) is 0 Å². The minimum atomic E-state index is -0.264. The Bertz CT molecular complexity index is 525. The van der Waals surface area contributed by atoms with Crippen LogP contribution in [0.15, 0.2) is 59.1 Å². The summed E-state index contributed by atoms with van der Waals surface area (Å²) in [5, 5.41) is 10.8. The molecule has 18 heavy (non-hydrogen) atoms. The minimum Gasteiger partial charge on any atom is -0.265 e. The SMILES string of the molecule is O=[N+]([O-])CC(c1ccccc1)c1ccc(Br)cc1. The molecule has 0 fully saturated rings. The van der Waals surface area contributed by atoms with E-state index >= 15 is 0 Å². The Morgan fingerprint density at radius 2 is 1.56 bits per heavy atom. The van der Waals surface area contributed by atoms with Crippen molar-refractivity contribution in [3.05, 3.63) is 80.3 Å². The summed E-state index contributed by atoms with van der Waals surface area (Å²) >= 11 is 3.37. The molecule has 0 radical (unpaired) electrons. The van der Waals surface area contributed by atoms with E-state index in [1.54, 1.807) is 0 Å². The fourth-order valence-corrected chi connectivity index (χ4v) is 2.20. The highest BCUT2D eigenvalue weighted by atomic mass is 79.9. The Morgan fingerprint density at radius 3 is 2.11 bits per heavy atom. The predicted octanol–water partition coefficient (Wildman–Crippen LogP) is 3.86. The van der Waals surface area contributed by atoms with E-state index < -0.39 is 0 Å². The standard InChI is InChI=1S/C14H12BrNO2/c15-13-8-6-12(7-9-13)14(10-16(17)18)11-4-2-1-3-5-11/h1-9,14H,10H2. The summed E-state index contributed by atoms with van der Waals surface area (Å²) in [6.07, 6.45) is 0. The fourth-order valence-electron chi connectivity index (χ4n) is 1.93. The lowest BCUT2D eigenvalue weighted by Gasteiger charge is -2.13. The molecule has 1 atom stereocenters. The van der Waals surface area contributed by atoms with Crippen LogP contribution < -0.4 is 0 Å². The molecule has 2 rings (SSSR count). The van der Waals surface area contributed by atoms with Gasteiger partial charge in [-0.3, -0.25) is 10.1 Å². The van der Waals surface area contributed by atoms with Crippen LogP contribution in [-0.4, -0.2) is 11.5 Å². The van der Waals surface area contributed by atoms with Crippen molar-refractivity contribution in [1.82, 2.24) is 0 Å². The van der Waals surface area contributed by atoms with Crippen LogP contribution in [0.4, 0.5) is 0 Å². The first kappa shape index (κ1) is 12.8. The molecule has 0 bridgehead atoms. The summed E-state index contributed by atoms with van der Waals surface area (Å²) in [6, 6.07) is 17.2. The van der Waals surface area contributed by atoms with Gasteiger partial charge in [0.05, 0.1) is 5.92 Å². The molecule has 0 aliphatic heterocycles. The minimum absolute atomic E-state index is 0.0916. The summed E-state index contributed by atoms with van der Waals surface area (Å²) in [4.78, 5) is 10.6. The first-order chi connectivity index (χ1) is 8.66. The summed E-state index contributed by atoms with van der Waals surface area (Å²) in [7, 11) is 0. The third-order valence-corrected chi connectivity index (χ3v) is 3.33. The molecule has 0 saturated heterocycles. The second-order valence-corrected chi connectivity index (χ2v) is 4.95. The molecule has 0 aliphatic carbocycles. The van der Waals surface area contributed by atoms with Crippen molar-refractivity contribution in [3.63, 3.8) is 0 Å². The number of benzene rings is 2. The van der Waals surface area contributed by atoms with E-state index in [0.29, 0.717) is 0 Å². The largest absolute Gasteiger partial charge is 0.265 e. The van der Waals surface area contributed by atoms with Crippen molar-refractivity contribution in [3.8, 4) is 0 Å². The maximum atomic E-state index is 10.8. The quantitative estimate of drug-likeness (QED) is 0.636. The number of hydrogen-bond acceptors (Lipinski definition) is 2. The van der Waals surface area contributed by atoms with E-state index in [9.17, 15) is 10.1 Å².